The van der Waals surface area contributed by atoms with Gasteiger partial charge < -0.3 is 26.0 Å². The highest BCUT2D eigenvalue weighted by atomic mass is 16.4. The van der Waals surface area contributed by atoms with E-state index in [2.05, 4.69) is 19.1 Å². The molecule has 0 saturated carbocycles. The normalized spacial score (nSPS) is 11.8. The van der Waals surface area contributed by atoms with E-state index in [1.807, 2.05) is 6.92 Å². The lowest BCUT2D eigenvalue weighted by atomic mass is 10.1. The van der Waals surface area contributed by atoms with E-state index in [1.165, 1.54) is 62.7 Å². The number of aliphatic hydroxyl groups is 2. The van der Waals surface area contributed by atoms with Crippen molar-refractivity contribution in [3.63, 3.8) is 0 Å². The molecular formula is C27H54N2O5. The van der Waals surface area contributed by atoms with Gasteiger partial charge in [-0.2, -0.15) is 0 Å². The fraction of sp³-hybridized carbons (Fsp3) is 0.852. The van der Waals surface area contributed by atoms with Gasteiger partial charge in [0.05, 0.1) is 6.61 Å². The molecular weight excluding hydrogens is 432 g/mol. The Kier molecular flexibility index (Phi) is 28.4. The molecule has 1 amide bonds. The Morgan fingerprint density at radius 1 is 0.794 bits per heavy atom. The molecule has 7 heteroatoms. The molecule has 0 aromatic heterocycles. The van der Waals surface area contributed by atoms with Crippen LogP contribution >= 0.6 is 0 Å². The van der Waals surface area contributed by atoms with Gasteiger partial charge in [-0.25, -0.2) is 4.79 Å². The minimum atomic E-state index is -1.03. The lowest BCUT2D eigenvalue weighted by Gasteiger charge is -2.28. The summed E-state index contributed by atoms with van der Waals surface area (Å²) in [5.74, 6) is -1.13. The molecule has 0 rings (SSSR count). The van der Waals surface area contributed by atoms with Gasteiger partial charge in [0.15, 0.2) is 0 Å². The minimum Gasteiger partial charge on any atom is -0.480 e. The molecule has 0 bridgehead atoms. The van der Waals surface area contributed by atoms with Crippen LogP contribution in [0.1, 0.15) is 117 Å². The second kappa shape index (κ2) is 27.8. The molecule has 0 radical (unpaired) electrons. The summed E-state index contributed by atoms with van der Waals surface area (Å²) in [5, 5.41) is 26.2. The average molecular weight is 487 g/mol. The zero-order valence-corrected chi connectivity index (χ0v) is 22.1. The number of carbonyl (C=O) groups is 2. The van der Waals surface area contributed by atoms with Gasteiger partial charge in [-0.1, -0.05) is 77.4 Å². The van der Waals surface area contributed by atoms with Crippen molar-refractivity contribution in [3.05, 3.63) is 12.2 Å². The minimum absolute atomic E-state index is 0.0907. The maximum Gasteiger partial charge on any atom is 0.326 e. The van der Waals surface area contributed by atoms with Crippen LogP contribution in [-0.2, 0) is 9.59 Å². The van der Waals surface area contributed by atoms with E-state index in [0.29, 0.717) is 25.9 Å². The van der Waals surface area contributed by atoms with Gasteiger partial charge in [0, 0.05) is 32.5 Å². The first-order valence-electron chi connectivity index (χ1n) is 13.6. The number of aliphatic carboxylic acids is 1. The van der Waals surface area contributed by atoms with Crippen molar-refractivity contribution >= 4 is 11.9 Å². The standard InChI is InChI=1S/C25H47NO4.C2H7NO/c1-3-5-6-7-8-9-10-11-12-13-14-15-16-17-18-19-24(28)26(21-4-2)23(20-22-27)25(29)30;3-1-2-4/h11-12,23,27H,3-10,13-22H2,1-2H3,(H,29,30);4H,1-3H2/b12-11-;. The highest BCUT2D eigenvalue weighted by Gasteiger charge is 2.27. The number of aliphatic hydroxyl groups excluding tert-OH is 2. The van der Waals surface area contributed by atoms with Crippen LogP contribution in [0.4, 0.5) is 0 Å². The SMILES string of the molecule is CCCCCCCC/C=C\CCCCCCCC(=O)N(CCC)C(CCO)C(=O)O.NCCO. The Balaban J connectivity index is 0. The molecule has 0 spiro atoms. The fourth-order valence-corrected chi connectivity index (χ4v) is 3.72. The van der Waals surface area contributed by atoms with Gasteiger partial charge in [-0.3, -0.25) is 4.79 Å². The third kappa shape index (κ3) is 22.4. The number of carboxylic acid groups (broad SMARTS) is 1. The second-order valence-corrected chi connectivity index (χ2v) is 8.80. The Morgan fingerprint density at radius 3 is 1.74 bits per heavy atom. The predicted octanol–water partition coefficient (Wildman–Crippen LogP) is 5.04. The number of nitrogens with zero attached hydrogens (tertiary/aromatic N) is 1. The Hall–Kier alpha value is -1.44. The molecule has 202 valence electrons. The van der Waals surface area contributed by atoms with Crippen LogP contribution in [0.5, 0.6) is 0 Å². The van der Waals surface area contributed by atoms with Gasteiger partial charge in [0.2, 0.25) is 5.91 Å². The summed E-state index contributed by atoms with van der Waals surface area (Å²) in [4.78, 5) is 25.3. The molecule has 0 aliphatic rings. The summed E-state index contributed by atoms with van der Waals surface area (Å²) in [6, 6.07) is -0.912. The molecule has 0 aliphatic carbocycles. The number of nitrogens with two attached hydrogens (primary N) is 1. The van der Waals surface area contributed by atoms with Crippen LogP contribution < -0.4 is 5.73 Å². The Morgan fingerprint density at radius 2 is 1.29 bits per heavy atom. The van der Waals surface area contributed by atoms with Gasteiger partial charge in [-0.05, 0) is 38.5 Å². The summed E-state index contributed by atoms with van der Waals surface area (Å²) < 4.78 is 0. The van der Waals surface area contributed by atoms with Crippen molar-refractivity contribution < 1.29 is 24.9 Å². The monoisotopic (exact) mass is 486 g/mol. The number of hydrogen-bond acceptors (Lipinski definition) is 5. The molecule has 0 fully saturated rings. The Labute approximate surface area is 208 Å². The van der Waals surface area contributed by atoms with Crippen molar-refractivity contribution in [1.82, 2.24) is 4.90 Å². The van der Waals surface area contributed by atoms with Crippen molar-refractivity contribution in [2.75, 3.05) is 26.3 Å². The van der Waals surface area contributed by atoms with Crippen LogP contribution in [-0.4, -0.2) is 64.4 Å². The van der Waals surface area contributed by atoms with E-state index >= 15 is 0 Å². The van der Waals surface area contributed by atoms with E-state index in [4.69, 9.17) is 15.9 Å². The molecule has 0 heterocycles. The van der Waals surface area contributed by atoms with Gasteiger partial charge in [0.1, 0.15) is 6.04 Å². The van der Waals surface area contributed by atoms with E-state index in [1.54, 1.807) is 0 Å². The molecule has 0 aromatic carbocycles. The number of allylic oxidation sites excluding steroid dienone is 2. The van der Waals surface area contributed by atoms with Gasteiger partial charge in [-0.15, -0.1) is 0 Å². The summed E-state index contributed by atoms with van der Waals surface area (Å²) in [6.45, 7) is 4.86. The van der Waals surface area contributed by atoms with E-state index in [9.17, 15) is 14.7 Å². The van der Waals surface area contributed by atoms with Gasteiger partial charge in [0.25, 0.3) is 0 Å². The lowest BCUT2D eigenvalue weighted by Crippen LogP contribution is -2.46. The largest absolute Gasteiger partial charge is 0.480 e. The third-order valence-corrected chi connectivity index (χ3v) is 5.63. The average Bonchev–Trinajstić information content (AvgIpc) is 2.83. The summed E-state index contributed by atoms with van der Waals surface area (Å²) in [6.07, 6.45) is 21.6. The Bertz CT molecular complexity index is 484. The van der Waals surface area contributed by atoms with Crippen molar-refractivity contribution in [1.29, 1.82) is 0 Å². The quantitative estimate of drug-likeness (QED) is 0.126. The molecule has 0 saturated heterocycles. The van der Waals surface area contributed by atoms with Crippen LogP contribution in [0.25, 0.3) is 0 Å². The van der Waals surface area contributed by atoms with E-state index in [-0.39, 0.29) is 25.5 Å². The second-order valence-electron chi connectivity index (χ2n) is 8.80. The van der Waals surface area contributed by atoms with Crippen molar-refractivity contribution in [3.8, 4) is 0 Å². The van der Waals surface area contributed by atoms with Crippen LogP contribution in [0.3, 0.4) is 0 Å². The molecule has 1 atom stereocenters. The number of carbonyl (C=O) groups excluding carboxylic acids is 1. The van der Waals surface area contributed by atoms with Crippen LogP contribution in [0.15, 0.2) is 12.2 Å². The van der Waals surface area contributed by atoms with Gasteiger partial charge >= 0.3 is 5.97 Å². The smallest absolute Gasteiger partial charge is 0.326 e. The summed E-state index contributed by atoms with van der Waals surface area (Å²) in [7, 11) is 0. The number of rotatable bonds is 22. The molecule has 7 nitrogen and oxygen atoms in total. The van der Waals surface area contributed by atoms with Crippen LogP contribution in [0.2, 0.25) is 0 Å². The van der Waals surface area contributed by atoms with E-state index in [0.717, 1.165) is 25.7 Å². The maximum atomic E-state index is 12.5. The van der Waals surface area contributed by atoms with Crippen molar-refractivity contribution in [2.24, 2.45) is 5.73 Å². The first kappa shape index (κ1) is 34.7. The summed E-state index contributed by atoms with van der Waals surface area (Å²) in [5.41, 5.74) is 4.78. The molecule has 1 unspecified atom stereocenters. The zero-order chi connectivity index (χ0) is 25.9. The van der Waals surface area contributed by atoms with Crippen molar-refractivity contribution in [2.45, 2.75) is 123 Å². The predicted molar refractivity (Wildman–Crippen MR) is 141 cm³/mol. The number of hydrogen-bond donors (Lipinski definition) is 4. The first-order chi connectivity index (χ1) is 16.5. The highest BCUT2D eigenvalue weighted by molar-refractivity contribution is 5.83. The molecule has 0 aromatic rings. The number of amides is 1. The van der Waals surface area contributed by atoms with Crippen LogP contribution in [0, 0.1) is 0 Å². The summed E-state index contributed by atoms with van der Waals surface area (Å²) >= 11 is 0. The number of unbranched alkanes of at least 4 members (excludes halogenated alkanes) is 11. The fourth-order valence-electron chi connectivity index (χ4n) is 3.72. The maximum absolute atomic E-state index is 12.5. The first-order valence-corrected chi connectivity index (χ1v) is 13.6. The topological polar surface area (TPSA) is 124 Å². The molecule has 5 N–H and O–H groups in total. The zero-order valence-electron chi connectivity index (χ0n) is 22.1. The number of carboxylic acids is 1. The molecule has 0 aliphatic heterocycles. The van der Waals surface area contributed by atoms with E-state index < -0.39 is 12.0 Å². The highest BCUT2D eigenvalue weighted by Crippen LogP contribution is 2.13. The third-order valence-electron chi connectivity index (χ3n) is 5.63. The lowest BCUT2D eigenvalue weighted by molar-refractivity contribution is -0.151. The molecule has 34 heavy (non-hydrogen) atoms.